The Balaban J connectivity index is 1.54. The van der Waals surface area contributed by atoms with E-state index in [0.717, 1.165) is 36.9 Å². The highest BCUT2D eigenvalue weighted by Gasteiger charge is 2.25. The fraction of sp³-hybridized carbons (Fsp3) is 0.471. The molecule has 25 heavy (non-hydrogen) atoms. The minimum absolute atomic E-state index is 0.306. The largest absolute Gasteiger partial charge is 0.495 e. The summed E-state index contributed by atoms with van der Waals surface area (Å²) in [5, 5.41) is 10.4. The van der Waals surface area contributed by atoms with E-state index in [0.29, 0.717) is 24.3 Å². The fourth-order valence-corrected chi connectivity index (χ4v) is 2.95. The lowest BCUT2D eigenvalue weighted by molar-refractivity contribution is 0.371. The zero-order chi connectivity index (χ0) is 17.6. The SMILES string of the molecule is CN=C(NCc1nc(C)no1)NC1CCN(c2ccccc2OC)C1. The highest BCUT2D eigenvalue weighted by atomic mass is 16.5. The Bertz CT molecular complexity index is 729. The van der Waals surface area contributed by atoms with Gasteiger partial charge in [0.15, 0.2) is 11.8 Å². The second-order valence-corrected chi connectivity index (χ2v) is 5.91. The molecular formula is C17H24N6O2. The minimum atomic E-state index is 0.306. The number of nitrogens with one attached hydrogen (secondary N) is 2. The molecule has 0 amide bonds. The number of guanidine groups is 1. The van der Waals surface area contributed by atoms with E-state index >= 15 is 0 Å². The van der Waals surface area contributed by atoms with Crippen LogP contribution in [-0.4, -0.2) is 49.4 Å². The van der Waals surface area contributed by atoms with Crippen LogP contribution < -0.4 is 20.3 Å². The number of nitrogens with zero attached hydrogens (tertiary/aromatic N) is 4. The van der Waals surface area contributed by atoms with Gasteiger partial charge in [-0.25, -0.2) is 0 Å². The molecular weight excluding hydrogens is 320 g/mol. The van der Waals surface area contributed by atoms with Gasteiger partial charge in [0.25, 0.3) is 0 Å². The number of aromatic nitrogens is 2. The third-order valence-corrected chi connectivity index (χ3v) is 4.16. The molecule has 0 bridgehead atoms. The second-order valence-electron chi connectivity index (χ2n) is 5.91. The number of aliphatic imine (C=N–C) groups is 1. The summed E-state index contributed by atoms with van der Waals surface area (Å²) in [6, 6.07) is 8.40. The number of hydrogen-bond acceptors (Lipinski definition) is 6. The summed E-state index contributed by atoms with van der Waals surface area (Å²) in [7, 11) is 3.46. The quantitative estimate of drug-likeness (QED) is 0.625. The van der Waals surface area contributed by atoms with Crippen molar-refractivity contribution in [3.63, 3.8) is 0 Å². The maximum atomic E-state index is 5.46. The first-order valence-corrected chi connectivity index (χ1v) is 8.34. The normalized spacial score (nSPS) is 17.6. The predicted octanol–water partition coefficient (Wildman–Crippen LogP) is 1.33. The molecule has 2 N–H and O–H groups in total. The van der Waals surface area contributed by atoms with Gasteiger partial charge in [-0.1, -0.05) is 17.3 Å². The van der Waals surface area contributed by atoms with Crippen LogP contribution >= 0.6 is 0 Å². The zero-order valence-electron chi connectivity index (χ0n) is 14.8. The van der Waals surface area contributed by atoms with Gasteiger partial charge in [-0.05, 0) is 25.5 Å². The number of rotatable bonds is 5. The molecule has 0 radical (unpaired) electrons. The van der Waals surface area contributed by atoms with Crippen LogP contribution in [0.15, 0.2) is 33.8 Å². The van der Waals surface area contributed by atoms with Gasteiger partial charge >= 0.3 is 0 Å². The smallest absolute Gasteiger partial charge is 0.246 e. The van der Waals surface area contributed by atoms with Gasteiger partial charge in [0.05, 0.1) is 19.3 Å². The molecule has 0 spiro atoms. The highest BCUT2D eigenvalue weighted by Crippen LogP contribution is 2.30. The molecule has 3 rings (SSSR count). The van der Waals surface area contributed by atoms with Crippen LogP contribution in [0.25, 0.3) is 0 Å². The van der Waals surface area contributed by atoms with Crippen molar-refractivity contribution in [3.8, 4) is 5.75 Å². The highest BCUT2D eigenvalue weighted by molar-refractivity contribution is 5.80. The number of para-hydroxylation sites is 2. The molecule has 2 heterocycles. The number of benzene rings is 1. The van der Waals surface area contributed by atoms with Gasteiger partial charge in [0.2, 0.25) is 5.89 Å². The molecule has 1 aliphatic heterocycles. The number of methoxy groups -OCH3 is 1. The van der Waals surface area contributed by atoms with Crippen molar-refractivity contribution < 1.29 is 9.26 Å². The Hall–Kier alpha value is -2.77. The molecule has 2 aromatic rings. The van der Waals surface area contributed by atoms with E-state index in [4.69, 9.17) is 9.26 Å². The molecule has 1 saturated heterocycles. The summed E-state index contributed by atoms with van der Waals surface area (Å²) in [5.41, 5.74) is 1.12. The molecule has 1 aliphatic rings. The Morgan fingerprint density at radius 1 is 1.44 bits per heavy atom. The van der Waals surface area contributed by atoms with Crippen LogP contribution in [0.2, 0.25) is 0 Å². The first-order chi connectivity index (χ1) is 12.2. The van der Waals surface area contributed by atoms with Crippen LogP contribution in [0.1, 0.15) is 18.1 Å². The standard InChI is InChI=1S/C17H24N6O2/c1-12-20-16(25-22-12)10-19-17(18-2)21-13-8-9-23(11-13)14-6-4-5-7-15(14)24-3/h4-7,13H,8-11H2,1-3H3,(H2,18,19,21). The summed E-state index contributed by atoms with van der Waals surface area (Å²) in [6.45, 7) is 4.10. The van der Waals surface area contributed by atoms with Crippen LogP contribution in [0.3, 0.4) is 0 Å². The van der Waals surface area contributed by atoms with E-state index in [-0.39, 0.29) is 0 Å². The summed E-state index contributed by atoms with van der Waals surface area (Å²) in [4.78, 5) is 10.8. The zero-order valence-corrected chi connectivity index (χ0v) is 14.8. The molecule has 0 saturated carbocycles. The van der Waals surface area contributed by atoms with E-state index < -0.39 is 0 Å². The van der Waals surface area contributed by atoms with E-state index in [1.807, 2.05) is 18.2 Å². The van der Waals surface area contributed by atoms with Crippen molar-refractivity contribution in [1.82, 2.24) is 20.8 Å². The topological polar surface area (TPSA) is 87.8 Å². The first kappa shape index (κ1) is 17.1. The van der Waals surface area contributed by atoms with Crippen LogP contribution in [0.4, 0.5) is 5.69 Å². The number of ether oxygens (including phenoxy) is 1. The van der Waals surface area contributed by atoms with Gasteiger partial charge in [0.1, 0.15) is 5.75 Å². The van der Waals surface area contributed by atoms with Gasteiger partial charge < -0.3 is 24.8 Å². The Labute approximate surface area is 147 Å². The second kappa shape index (κ2) is 7.87. The molecule has 1 aromatic carbocycles. The molecule has 0 aliphatic carbocycles. The van der Waals surface area contributed by atoms with Crippen LogP contribution in [0.5, 0.6) is 5.75 Å². The first-order valence-electron chi connectivity index (χ1n) is 8.34. The summed E-state index contributed by atoms with van der Waals surface area (Å²) < 4.78 is 10.6. The molecule has 1 atom stereocenters. The average molecular weight is 344 g/mol. The van der Waals surface area contributed by atoms with Crippen molar-refractivity contribution in [2.75, 3.05) is 32.1 Å². The fourth-order valence-electron chi connectivity index (χ4n) is 2.95. The molecule has 1 aromatic heterocycles. The van der Waals surface area contributed by atoms with Crippen molar-refractivity contribution in [3.05, 3.63) is 36.0 Å². The van der Waals surface area contributed by atoms with Crippen LogP contribution in [0, 0.1) is 6.92 Å². The lowest BCUT2D eigenvalue weighted by Gasteiger charge is -2.22. The lowest BCUT2D eigenvalue weighted by atomic mass is 10.2. The van der Waals surface area contributed by atoms with Gasteiger partial charge in [-0.3, -0.25) is 4.99 Å². The van der Waals surface area contributed by atoms with E-state index in [1.165, 1.54) is 0 Å². The Kier molecular flexibility index (Phi) is 5.37. The molecule has 134 valence electrons. The van der Waals surface area contributed by atoms with E-state index in [2.05, 4.69) is 36.7 Å². The van der Waals surface area contributed by atoms with Crippen molar-refractivity contribution in [2.45, 2.75) is 25.9 Å². The molecule has 1 fully saturated rings. The number of aryl methyl sites for hydroxylation is 1. The maximum Gasteiger partial charge on any atom is 0.246 e. The number of hydrogen-bond donors (Lipinski definition) is 2. The van der Waals surface area contributed by atoms with Gasteiger partial charge in [-0.2, -0.15) is 4.98 Å². The van der Waals surface area contributed by atoms with E-state index in [1.54, 1.807) is 21.1 Å². The summed E-state index contributed by atoms with van der Waals surface area (Å²) >= 11 is 0. The van der Waals surface area contributed by atoms with Gasteiger partial charge in [-0.15, -0.1) is 0 Å². The third kappa shape index (κ3) is 4.20. The third-order valence-electron chi connectivity index (χ3n) is 4.16. The average Bonchev–Trinajstić information content (AvgIpc) is 3.27. The molecule has 8 nitrogen and oxygen atoms in total. The monoisotopic (exact) mass is 344 g/mol. The Morgan fingerprint density at radius 3 is 3.00 bits per heavy atom. The van der Waals surface area contributed by atoms with Crippen molar-refractivity contribution >= 4 is 11.6 Å². The molecule has 8 heteroatoms. The minimum Gasteiger partial charge on any atom is -0.495 e. The predicted molar refractivity (Wildman–Crippen MR) is 96.0 cm³/mol. The van der Waals surface area contributed by atoms with Crippen LogP contribution in [-0.2, 0) is 6.54 Å². The Morgan fingerprint density at radius 2 is 2.28 bits per heavy atom. The number of anilines is 1. The van der Waals surface area contributed by atoms with Gasteiger partial charge in [0, 0.05) is 26.2 Å². The van der Waals surface area contributed by atoms with E-state index in [9.17, 15) is 0 Å². The summed E-state index contributed by atoms with van der Waals surface area (Å²) in [6.07, 6.45) is 1.03. The summed E-state index contributed by atoms with van der Waals surface area (Å²) in [5.74, 6) is 2.80. The molecule has 1 unspecified atom stereocenters. The van der Waals surface area contributed by atoms with Crippen molar-refractivity contribution in [2.24, 2.45) is 4.99 Å². The lowest BCUT2D eigenvalue weighted by Crippen LogP contribution is -2.44. The van der Waals surface area contributed by atoms with Crippen molar-refractivity contribution in [1.29, 1.82) is 0 Å². The maximum absolute atomic E-state index is 5.46.